The molecule has 0 bridgehead atoms. The zero-order chi connectivity index (χ0) is 14.2. The van der Waals surface area contributed by atoms with E-state index in [1.165, 1.54) is 11.3 Å². The molecule has 0 radical (unpaired) electrons. The summed E-state index contributed by atoms with van der Waals surface area (Å²) in [5, 5.41) is 5.79. The Morgan fingerprint density at radius 3 is 2.80 bits per heavy atom. The van der Waals surface area contributed by atoms with E-state index in [9.17, 15) is 4.79 Å². The van der Waals surface area contributed by atoms with Gasteiger partial charge >= 0.3 is 0 Å². The van der Waals surface area contributed by atoms with E-state index in [4.69, 9.17) is 4.74 Å². The summed E-state index contributed by atoms with van der Waals surface area (Å²) in [6.07, 6.45) is 2.59. The number of carbonyl (C=O) groups is 1. The van der Waals surface area contributed by atoms with Crippen molar-refractivity contribution in [1.82, 2.24) is 5.43 Å². The van der Waals surface area contributed by atoms with Crippen molar-refractivity contribution in [3.05, 3.63) is 52.2 Å². The third-order valence-electron chi connectivity index (χ3n) is 2.48. The molecular weight excluding hydrogens is 272 g/mol. The topological polar surface area (TPSA) is 50.7 Å². The van der Waals surface area contributed by atoms with E-state index in [0.29, 0.717) is 11.5 Å². The Kier molecular flexibility index (Phi) is 5.32. The van der Waals surface area contributed by atoms with Gasteiger partial charge in [0, 0.05) is 0 Å². The maximum atomic E-state index is 11.6. The number of hydrogen-bond donors (Lipinski definition) is 1. The number of amides is 1. The molecule has 20 heavy (non-hydrogen) atoms. The van der Waals surface area contributed by atoms with Crippen molar-refractivity contribution >= 4 is 23.5 Å². The number of nitrogens with one attached hydrogen (secondary N) is 1. The molecule has 5 heteroatoms. The average Bonchev–Trinajstić information content (AvgIpc) is 3.00. The number of benzene rings is 1. The Morgan fingerprint density at radius 1 is 1.35 bits per heavy atom. The number of carbonyl (C=O) groups excluding carboxylic acids is 1. The van der Waals surface area contributed by atoms with Gasteiger partial charge in [-0.3, -0.25) is 4.79 Å². The van der Waals surface area contributed by atoms with Crippen molar-refractivity contribution in [2.75, 3.05) is 6.61 Å². The molecular formula is C15H16N2O2S. The van der Waals surface area contributed by atoms with Gasteiger partial charge in [-0.2, -0.15) is 5.10 Å². The Labute approximate surface area is 122 Å². The molecule has 0 saturated carbocycles. The van der Waals surface area contributed by atoms with Crippen LogP contribution in [0.1, 0.15) is 28.6 Å². The fourth-order valence-corrected chi connectivity index (χ4v) is 2.11. The predicted octanol–water partition coefficient (Wildman–Crippen LogP) is 3.30. The molecule has 0 unspecified atom stereocenters. The quantitative estimate of drug-likeness (QED) is 0.655. The molecule has 1 aromatic heterocycles. The Balaban J connectivity index is 1.86. The van der Waals surface area contributed by atoms with Gasteiger partial charge in [0.25, 0.3) is 5.91 Å². The first-order chi connectivity index (χ1) is 9.79. The summed E-state index contributed by atoms with van der Waals surface area (Å²) in [7, 11) is 0. The highest BCUT2D eigenvalue weighted by molar-refractivity contribution is 7.12. The molecule has 0 fully saturated rings. The third kappa shape index (κ3) is 4.20. The maximum absolute atomic E-state index is 11.6. The molecule has 2 rings (SSSR count). The second kappa shape index (κ2) is 7.45. The highest BCUT2D eigenvalue weighted by Crippen LogP contribution is 2.11. The van der Waals surface area contributed by atoms with Crippen LogP contribution in [0.3, 0.4) is 0 Å². The van der Waals surface area contributed by atoms with Crippen LogP contribution in [0.2, 0.25) is 0 Å². The van der Waals surface area contributed by atoms with Gasteiger partial charge in [0.05, 0.1) is 17.7 Å². The van der Waals surface area contributed by atoms with Gasteiger partial charge in [-0.15, -0.1) is 11.3 Å². The minimum Gasteiger partial charge on any atom is -0.494 e. The van der Waals surface area contributed by atoms with Crippen LogP contribution in [0.5, 0.6) is 5.75 Å². The number of rotatable bonds is 6. The lowest BCUT2D eigenvalue weighted by molar-refractivity contribution is 0.0959. The van der Waals surface area contributed by atoms with E-state index in [1.54, 1.807) is 12.3 Å². The highest BCUT2D eigenvalue weighted by Gasteiger charge is 2.03. The second-order valence-electron chi connectivity index (χ2n) is 4.09. The van der Waals surface area contributed by atoms with Crippen LogP contribution in [-0.4, -0.2) is 18.7 Å². The van der Waals surface area contributed by atoms with Crippen LogP contribution in [-0.2, 0) is 0 Å². The molecule has 104 valence electrons. The lowest BCUT2D eigenvalue weighted by atomic mass is 10.2. The zero-order valence-corrected chi connectivity index (χ0v) is 12.0. The minimum absolute atomic E-state index is 0.195. The lowest BCUT2D eigenvalue weighted by Crippen LogP contribution is -2.16. The predicted molar refractivity (Wildman–Crippen MR) is 81.6 cm³/mol. The summed E-state index contributed by atoms with van der Waals surface area (Å²) in [5.74, 6) is 0.644. The Hall–Kier alpha value is -2.14. The van der Waals surface area contributed by atoms with Crippen LogP contribution < -0.4 is 10.2 Å². The number of hydrazone groups is 1. The Bertz CT molecular complexity index is 562. The van der Waals surface area contributed by atoms with Crippen molar-refractivity contribution < 1.29 is 9.53 Å². The smallest absolute Gasteiger partial charge is 0.281 e. The van der Waals surface area contributed by atoms with Gasteiger partial charge < -0.3 is 4.74 Å². The first kappa shape index (κ1) is 14.3. The molecule has 0 aliphatic rings. The number of nitrogens with zero attached hydrogens (tertiary/aromatic N) is 1. The van der Waals surface area contributed by atoms with Crippen LogP contribution in [0.15, 0.2) is 46.9 Å². The van der Waals surface area contributed by atoms with E-state index in [0.717, 1.165) is 17.7 Å². The van der Waals surface area contributed by atoms with Crippen LogP contribution in [0.4, 0.5) is 0 Å². The summed E-state index contributed by atoms with van der Waals surface area (Å²) >= 11 is 1.38. The molecule has 0 aliphatic carbocycles. The largest absolute Gasteiger partial charge is 0.494 e. The fraction of sp³-hybridized carbons (Fsp3) is 0.200. The third-order valence-corrected chi connectivity index (χ3v) is 3.35. The molecule has 0 atom stereocenters. The summed E-state index contributed by atoms with van der Waals surface area (Å²) in [6, 6.07) is 11.2. The minimum atomic E-state index is -0.195. The second-order valence-corrected chi connectivity index (χ2v) is 5.04. The zero-order valence-electron chi connectivity index (χ0n) is 11.2. The molecule has 1 amide bonds. The van der Waals surface area contributed by atoms with E-state index in [-0.39, 0.29) is 5.91 Å². The fourth-order valence-electron chi connectivity index (χ4n) is 1.50. The van der Waals surface area contributed by atoms with Gasteiger partial charge in [-0.1, -0.05) is 13.0 Å². The summed E-state index contributed by atoms with van der Waals surface area (Å²) < 4.78 is 5.49. The molecule has 1 N–H and O–H groups in total. The summed E-state index contributed by atoms with van der Waals surface area (Å²) in [4.78, 5) is 12.3. The number of ether oxygens (including phenoxy) is 1. The van der Waals surface area contributed by atoms with Crippen molar-refractivity contribution in [1.29, 1.82) is 0 Å². The standard InChI is InChI=1S/C15H16N2O2S/c1-2-9-19-13-7-5-12(6-8-13)11-16-17-15(18)14-4-3-10-20-14/h3-8,10-11H,2,9H2,1H3,(H,17,18). The molecule has 0 spiro atoms. The maximum Gasteiger partial charge on any atom is 0.281 e. The number of thiophene rings is 1. The van der Waals surface area contributed by atoms with E-state index in [2.05, 4.69) is 17.5 Å². The van der Waals surface area contributed by atoms with Gasteiger partial charge in [0.15, 0.2) is 0 Å². The van der Waals surface area contributed by atoms with Crippen molar-refractivity contribution in [2.24, 2.45) is 5.10 Å². The van der Waals surface area contributed by atoms with Crippen molar-refractivity contribution in [3.8, 4) is 5.75 Å². The first-order valence-corrected chi connectivity index (χ1v) is 7.27. The van der Waals surface area contributed by atoms with E-state index in [1.807, 2.05) is 35.7 Å². The van der Waals surface area contributed by atoms with Crippen LogP contribution >= 0.6 is 11.3 Å². The molecule has 1 aromatic carbocycles. The first-order valence-electron chi connectivity index (χ1n) is 6.39. The van der Waals surface area contributed by atoms with Gasteiger partial charge in [0.1, 0.15) is 5.75 Å². The normalized spacial score (nSPS) is 10.7. The lowest BCUT2D eigenvalue weighted by Gasteiger charge is -2.03. The Morgan fingerprint density at radius 2 is 2.15 bits per heavy atom. The van der Waals surface area contributed by atoms with Gasteiger partial charge in [-0.25, -0.2) is 5.43 Å². The molecule has 0 saturated heterocycles. The average molecular weight is 288 g/mol. The van der Waals surface area contributed by atoms with Gasteiger partial charge in [0.2, 0.25) is 0 Å². The molecule has 4 nitrogen and oxygen atoms in total. The highest BCUT2D eigenvalue weighted by atomic mass is 32.1. The van der Waals surface area contributed by atoms with Crippen molar-refractivity contribution in [3.63, 3.8) is 0 Å². The monoisotopic (exact) mass is 288 g/mol. The molecule has 0 aliphatic heterocycles. The summed E-state index contributed by atoms with van der Waals surface area (Å²) in [6.45, 7) is 2.78. The SMILES string of the molecule is CCCOc1ccc(C=NNC(=O)c2cccs2)cc1. The number of hydrogen-bond acceptors (Lipinski definition) is 4. The molecule has 2 aromatic rings. The van der Waals surface area contributed by atoms with Crippen molar-refractivity contribution in [2.45, 2.75) is 13.3 Å². The van der Waals surface area contributed by atoms with E-state index < -0.39 is 0 Å². The molecule has 1 heterocycles. The van der Waals surface area contributed by atoms with E-state index >= 15 is 0 Å². The van der Waals surface area contributed by atoms with Crippen LogP contribution in [0, 0.1) is 0 Å². The van der Waals surface area contributed by atoms with Gasteiger partial charge in [-0.05, 0) is 47.7 Å². The van der Waals surface area contributed by atoms with Crippen LogP contribution in [0.25, 0.3) is 0 Å². The summed E-state index contributed by atoms with van der Waals surface area (Å²) in [5.41, 5.74) is 3.40.